The molecule has 0 aliphatic carbocycles. The number of anilines is 1. The summed E-state index contributed by atoms with van der Waals surface area (Å²) in [6, 6.07) is 20.9. The molecule has 0 atom stereocenters. The van der Waals surface area contributed by atoms with Crippen LogP contribution in [0.1, 0.15) is 30.5 Å². The zero-order valence-electron chi connectivity index (χ0n) is 19.3. The maximum Gasteiger partial charge on any atom is 0.340 e. The standard InChI is InChI=1S/C27H26ClN3O3/c1-27(2)15-19-14-21(10-13-24(19)34-27)29-26(32)31-16-23(17-4-8-20(28)9-5-17)25(30-31)18-6-11-22(33-3)12-7-18/h4-14,30H,15-16H2,1-3H3,(H,29,32). The van der Waals surface area contributed by atoms with Crippen molar-refractivity contribution in [3.63, 3.8) is 0 Å². The van der Waals surface area contributed by atoms with E-state index in [2.05, 4.69) is 24.6 Å². The Balaban J connectivity index is 1.39. The molecule has 34 heavy (non-hydrogen) atoms. The number of halogens is 1. The number of amides is 2. The maximum absolute atomic E-state index is 13.2. The van der Waals surface area contributed by atoms with Gasteiger partial charge in [-0.2, -0.15) is 0 Å². The summed E-state index contributed by atoms with van der Waals surface area (Å²) in [4.78, 5) is 13.2. The molecule has 0 unspecified atom stereocenters. The Bertz CT molecular complexity index is 1270. The Kier molecular flexibility index (Phi) is 5.62. The van der Waals surface area contributed by atoms with Gasteiger partial charge >= 0.3 is 6.03 Å². The van der Waals surface area contributed by atoms with Crippen molar-refractivity contribution < 1.29 is 14.3 Å². The minimum absolute atomic E-state index is 0.230. The van der Waals surface area contributed by atoms with Crippen molar-refractivity contribution in [3.8, 4) is 11.5 Å². The molecule has 0 bridgehead atoms. The first kappa shape index (κ1) is 22.2. The van der Waals surface area contributed by atoms with Crippen molar-refractivity contribution in [1.29, 1.82) is 0 Å². The van der Waals surface area contributed by atoms with Crippen LogP contribution >= 0.6 is 11.6 Å². The lowest BCUT2D eigenvalue weighted by Gasteiger charge is -2.19. The Labute approximate surface area is 204 Å². The van der Waals surface area contributed by atoms with Crippen LogP contribution in [0.3, 0.4) is 0 Å². The average Bonchev–Trinajstić information content (AvgIpc) is 3.39. The summed E-state index contributed by atoms with van der Waals surface area (Å²) in [5.41, 5.74) is 8.71. The van der Waals surface area contributed by atoms with Gasteiger partial charge in [-0.3, -0.25) is 5.43 Å². The van der Waals surface area contributed by atoms with Crippen LogP contribution in [-0.2, 0) is 6.42 Å². The van der Waals surface area contributed by atoms with E-state index < -0.39 is 0 Å². The number of methoxy groups -OCH3 is 1. The molecule has 3 aromatic carbocycles. The summed E-state index contributed by atoms with van der Waals surface area (Å²) in [5.74, 6) is 1.64. The maximum atomic E-state index is 13.2. The number of hydrazine groups is 1. The molecular formula is C27H26ClN3O3. The lowest BCUT2D eigenvalue weighted by Crippen LogP contribution is -2.40. The predicted octanol–water partition coefficient (Wildman–Crippen LogP) is 5.98. The summed E-state index contributed by atoms with van der Waals surface area (Å²) in [7, 11) is 1.64. The molecule has 0 aromatic heterocycles. The molecule has 6 nitrogen and oxygen atoms in total. The molecule has 0 radical (unpaired) electrons. The number of urea groups is 1. The molecule has 7 heteroatoms. The first-order valence-electron chi connectivity index (χ1n) is 11.1. The largest absolute Gasteiger partial charge is 0.497 e. The van der Waals surface area contributed by atoms with Crippen molar-refractivity contribution >= 4 is 34.6 Å². The molecule has 2 amide bonds. The molecule has 3 aromatic rings. The molecule has 0 fully saturated rings. The lowest BCUT2D eigenvalue weighted by molar-refractivity contribution is 0.138. The van der Waals surface area contributed by atoms with Gasteiger partial charge < -0.3 is 14.8 Å². The van der Waals surface area contributed by atoms with Crippen LogP contribution in [0, 0.1) is 0 Å². The number of carbonyl (C=O) groups is 1. The van der Waals surface area contributed by atoms with Crippen LogP contribution < -0.4 is 20.2 Å². The third-order valence-corrected chi connectivity index (χ3v) is 6.25. The molecule has 2 N–H and O–H groups in total. The molecule has 0 saturated heterocycles. The van der Waals surface area contributed by atoms with E-state index in [1.807, 2.05) is 66.7 Å². The number of carbonyl (C=O) groups excluding carboxylic acids is 1. The Hall–Kier alpha value is -3.64. The molecular weight excluding hydrogens is 450 g/mol. The van der Waals surface area contributed by atoms with Crippen molar-refractivity contribution in [3.05, 3.63) is 88.4 Å². The number of ether oxygens (including phenoxy) is 2. The fraction of sp³-hybridized carbons (Fsp3) is 0.222. The summed E-state index contributed by atoms with van der Waals surface area (Å²) < 4.78 is 11.2. The first-order valence-corrected chi connectivity index (χ1v) is 11.5. The van der Waals surface area contributed by atoms with Crippen LogP contribution in [0.15, 0.2) is 66.7 Å². The zero-order valence-corrected chi connectivity index (χ0v) is 20.1. The third-order valence-electron chi connectivity index (χ3n) is 6.00. The SMILES string of the molecule is COc1ccc(C2=C(c3ccc(Cl)cc3)CN(C(=O)Nc3ccc4c(c3)CC(C)(C)O4)N2)cc1. The minimum Gasteiger partial charge on any atom is -0.497 e. The average molecular weight is 476 g/mol. The highest BCUT2D eigenvalue weighted by atomic mass is 35.5. The van der Waals surface area contributed by atoms with Crippen LogP contribution in [0.2, 0.25) is 5.02 Å². The Morgan fingerprint density at radius 1 is 1.06 bits per heavy atom. The first-order chi connectivity index (χ1) is 16.3. The van der Waals surface area contributed by atoms with Crippen LogP contribution in [-0.4, -0.2) is 30.3 Å². The van der Waals surface area contributed by atoms with Gasteiger partial charge in [0.15, 0.2) is 0 Å². The Morgan fingerprint density at radius 2 is 1.76 bits per heavy atom. The number of benzene rings is 3. The molecule has 2 heterocycles. The van der Waals surface area contributed by atoms with Gasteiger partial charge in [0.25, 0.3) is 0 Å². The molecule has 0 spiro atoms. The molecule has 0 saturated carbocycles. The van der Waals surface area contributed by atoms with Gasteiger partial charge in [-0.25, -0.2) is 9.80 Å². The van der Waals surface area contributed by atoms with Crippen LogP contribution in [0.25, 0.3) is 11.3 Å². The van der Waals surface area contributed by atoms with Crippen molar-refractivity contribution in [2.45, 2.75) is 25.9 Å². The monoisotopic (exact) mass is 475 g/mol. The molecule has 2 aliphatic heterocycles. The zero-order chi connectivity index (χ0) is 23.9. The van der Waals surface area contributed by atoms with Crippen molar-refractivity contribution in [1.82, 2.24) is 10.4 Å². The second kappa shape index (κ2) is 8.61. The summed E-state index contributed by atoms with van der Waals surface area (Å²) in [6.07, 6.45) is 0.803. The normalized spacial score (nSPS) is 16.1. The van der Waals surface area contributed by atoms with E-state index in [4.69, 9.17) is 21.1 Å². The summed E-state index contributed by atoms with van der Waals surface area (Å²) >= 11 is 6.10. The predicted molar refractivity (Wildman–Crippen MR) is 135 cm³/mol. The van der Waals surface area contributed by atoms with Crippen LogP contribution in [0.4, 0.5) is 10.5 Å². The van der Waals surface area contributed by atoms with Crippen molar-refractivity contribution in [2.24, 2.45) is 0 Å². The highest BCUT2D eigenvalue weighted by Crippen LogP contribution is 2.37. The molecule has 2 aliphatic rings. The number of hydrogen-bond acceptors (Lipinski definition) is 4. The van der Waals surface area contributed by atoms with E-state index in [-0.39, 0.29) is 11.6 Å². The van der Waals surface area contributed by atoms with E-state index in [9.17, 15) is 4.79 Å². The second-order valence-corrected chi connectivity index (χ2v) is 9.51. The van der Waals surface area contributed by atoms with Gasteiger partial charge in [0, 0.05) is 33.8 Å². The fourth-order valence-corrected chi connectivity index (χ4v) is 4.49. The van der Waals surface area contributed by atoms with E-state index in [0.29, 0.717) is 11.6 Å². The van der Waals surface area contributed by atoms with E-state index in [0.717, 1.165) is 51.6 Å². The number of hydrogen-bond donors (Lipinski definition) is 2. The highest BCUT2D eigenvalue weighted by molar-refractivity contribution is 6.30. The molecule has 5 rings (SSSR count). The number of rotatable bonds is 4. The molecule has 174 valence electrons. The van der Waals surface area contributed by atoms with Gasteiger partial charge in [-0.1, -0.05) is 23.7 Å². The van der Waals surface area contributed by atoms with E-state index >= 15 is 0 Å². The summed E-state index contributed by atoms with van der Waals surface area (Å²) in [5, 5.41) is 5.26. The lowest BCUT2D eigenvalue weighted by atomic mass is 10.0. The Morgan fingerprint density at radius 3 is 2.47 bits per heavy atom. The smallest absolute Gasteiger partial charge is 0.340 e. The number of fused-ring (bicyclic) bond motifs is 1. The van der Waals surface area contributed by atoms with Crippen molar-refractivity contribution in [2.75, 3.05) is 19.0 Å². The van der Waals surface area contributed by atoms with E-state index in [1.54, 1.807) is 12.1 Å². The second-order valence-electron chi connectivity index (χ2n) is 9.08. The highest BCUT2D eigenvalue weighted by Gasteiger charge is 2.31. The van der Waals surface area contributed by atoms with Gasteiger partial charge in [-0.15, -0.1) is 0 Å². The topological polar surface area (TPSA) is 62.8 Å². The third kappa shape index (κ3) is 4.41. The number of nitrogens with zero attached hydrogens (tertiary/aromatic N) is 1. The summed E-state index contributed by atoms with van der Waals surface area (Å²) in [6.45, 7) is 4.52. The number of nitrogens with one attached hydrogen (secondary N) is 2. The quantitative estimate of drug-likeness (QED) is 0.487. The van der Waals surface area contributed by atoms with Crippen LogP contribution in [0.5, 0.6) is 11.5 Å². The van der Waals surface area contributed by atoms with Gasteiger partial charge in [0.05, 0.1) is 19.4 Å². The van der Waals surface area contributed by atoms with Gasteiger partial charge in [-0.05, 0) is 74.0 Å². The van der Waals surface area contributed by atoms with Gasteiger partial charge in [0.1, 0.15) is 17.1 Å². The minimum atomic E-state index is -0.242. The van der Waals surface area contributed by atoms with E-state index in [1.165, 1.54) is 0 Å². The fourth-order valence-electron chi connectivity index (χ4n) is 4.36. The van der Waals surface area contributed by atoms with Gasteiger partial charge in [0.2, 0.25) is 0 Å².